The molecule has 0 saturated carbocycles. The molecule has 3 fully saturated rings. The number of carbonyl (C=O) groups excluding carboxylic acids is 4. The maximum atomic E-state index is 13.6. The highest BCUT2D eigenvalue weighted by Crippen LogP contribution is 2.42. The van der Waals surface area contributed by atoms with Crippen molar-refractivity contribution in [1.82, 2.24) is 5.32 Å². The van der Waals surface area contributed by atoms with Crippen LogP contribution in [0.1, 0.15) is 60.8 Å². The van der Waals surface area contributed by atoms with Crippen molar-refractivity contribution in [3.8, 4) is 0 Å². The smallest absolute Gasteiger partial charge is 0.341 e. The minimum absolute atomic E-state index is 0.299. The van der Waals surface area contributed by atoms with Crippen molar-refractivity contribution in [3.05, 3.63) is 11.3 Å². The number of carbonyl (C=O) groups is 5. The number of thioether (sulfide) groups is 1. The first kappa shape index (κ1) is 44.4. The molecule has 0 radical (unpaired) electrons. The molecule has 4 aliphatic rings. The van der Waals surface area contributed by atoms with Crippen LogP contribution in [0, 0.1) is 11.3 Å². The molecule has 0 spiro atoms. The van der Waals surface area contributed by atoms with E-state index in [-0.39, 0.29) is 6.42 Å². The van der Waals surface area contributed by atoms with Gasteiger partial charge in [-0.2, -0.15) is 0 Å². The number of ketones is 1. The molecular formula is C34H48N2O17S2. The number of ether oxygens (including phenoxy) is 7. The highest BCUT2D eigenvalue weighted by molar-refractivity contribution is 8.23. The number of aliphatic carboxylic acids is 1. The number of esters is 3. The maximum Gasteiger partial charge on any atom is 0.341 e. The minimum Gasteiger partial charge on any atom is -0.508 e. The Morgan fingerprint density at radius 3 is 2.35 bits per heavy atom. The van der Waals surface area contributed by atoms with Gasteiger partial charge in [-0.05, 0) is 20.3 Å². The molecule has 308 valence electrons. The van der Waals surface area contributed by atoms with Crippen LogP contribution in [0.15, 0.2) is 11.3 Å². The number of hydrogen-bond acceptors (Lipinski definition) is 19. The second kappa shape index (κ2) is 17.5. The summed E-state index contributed by atoms with van der Waals surface area (Å²) in [5.41, 5.74) is -7.31. The Bertz CT molecular complexity index is 1590. The number of thiocarbonyl (C=S) groups is 1. The molecule has 7 N–H and O–H groups in total. The van der Waals surface area contributed by atoms with E-state index < -0.39 is 143 Å². The SMILES string of the molecule is CCC(C)C(=O)OC(C)C1(O)C(C)OC(OC2C(O)C(C3(O)CC(=O)C(=N)C(C(=O)O)=C3O)OC(COC(C)=O)C2OC(=O)C2NC(=S)SC2C)CC1OC. The lowest BCUT2D eigenvalue weighted by atomic mass is 9.74. The standard InChI is InChI=1S/C34H48N2O17S2/c1-8-12(2)30(43)50-15(5)34(46)14(4)49-20(9-19(34)47-7)52-26-24(39)28(33(45)10-17(38)22(35)21(27(33)40)29(41)42)51-18(11-48-16(6)37)25(26)53-31(44)23-13(3)55-32(54)36-23/h12-15,18-20,23-26,28,35,39-40,45-46H,8-11H2,1-7H3,(H,36,54)(H,41,42). The lowest BCUT2D eigenvalue weighted by Gasteiger charge is -2.52. The summed E-state index contributed by atoms with van der Waals surface area (Å²) < 4.78 is 40.9. The molecule has 0 aromatic carbocycles. The van der Waals surface area contributed by atoms with Gasteiger partial charge in [-0.1, -0.05) is 44.8 Å². The lowest BCUT2D eigenvalue weighted by Crippen LogP contribution is -2.70. The Kier molecular flexibility index (Phi) is 14.1. The van der Waals surface area contributed by atoms with E-state index in [0.717, 1.165) is 6.92 Å². The predicted octanol–water partition coefficient (Wildman–Crippen LogP) is -0.168. The van der Waals surface area contributed by atoms with E-state index in [1.807, 2.05) is 0 Å². The number of aliphatic hydroxyl groups excluding tert-OH is 2. The summed E-state index contributed by atoms with van der Waals surface area (Å²) in [6.45, 7) is 8.43. The van der Waals surface area contributed by atoms with E-state index in [9.17, 15) is 49.5 Å². The monoisotopic (exact) mass is 820 g/mol. The van der Waals surface area contributed by atoms with Crippen molar-refractivity contribution >= 4 is 63.7 Å². The maximum absolute atomic E-state index is 13.6. The van der Waals surface area contributed by atoms with Crippen molar-refractivity contribution in [2.75, 3.05) is 13.7 Å². The van der Waals surface area contributed by atoms with Gasteiger partial charge in [-0.3, -0.25) is 19.8 Å². The Morgan fingerprint density at radius 2 is 1.80 bits per heavy atom. The quantitative estimate of drug-likeness (QED) is 0.0721. The second-order valence-electron chi connectivity index (χ2n) is 14.0. The van der Waals surface area contributed by atoms with Crippen LogP contribution in [0.25, 0.3) is 0 Å². The molecule has 3 saturated heterocycles. The summed E-state index contributed by atoms with van der Waals surface area (Å²) >= 11 is 6.37. The van der Waals surface area contributed by atoms with Gasteiger partial charge in [0.05, 0.1) is 24.5 Å². The van der Waals surface area contributed by atoms with Gasteiger partial charge in [0.1, 0.15) is 64.5 Å². The van der Waals surface area contributed by atoms with Gasteiger partial charge in [0.15, 0.2) is 29.4 Å². The molecule has 0 bridgehead atoms. The summed E-state index contributed by atoms with van der Waals surface area (Å²) in [6.07, 6.45) is -15.4. The average Bonchev–Trinajstić information content (AvgIpc) is 3.46. The average molecular weight is 821 g/mol. The zero-order valence-electron chi connectivity index (χ0n) is 31.2. The fraction of sp³-hybridized carbons (Fsp3) is 0.735. The minimum atomic E-state index is -3.00. The normalized spacial score (nSPS) is 37.8. The van der Waals surface area contributed by atoms with E-state index >= 15 is 0 Å². The Labute approximate surface area is 325 Å². The number of aliphatic hydroxyl groups is 4. The third-order valence-corrected chi connectivity index (χ3v) is 11.8. The van der Waals surface area contributed by atoms with E-state index in [0.29, 0.717) is 10.7 Å². The summed E-state index contributed by atoms with van der Waals surface area (Å²) in [5.74, 6) is -7.30. The first-order chi connectivity index (χ1) is 25.6. The van der Waals surface area contributed by atoms with Crippen molar-refractivity contribution in [2.45, 2.75) is 138 Å². The second-order valence-corrected chi connectivity index (χ2v) is 16.0. The fourth-order valence-electron chi connectivity index (χ4n) is 6.97. The molecule has 4 rings (SSSR count). The van der Waals surface area contributed by atoms with Gasteiger partial charge < -0.3 is 64.0 Å². The van der Waals surface area contributed by atoms with E-state index in [2.05, 4.69) is 5.32 Å². The summed E-state index contributed by atoms with van der Waals surface area (Å²) in [7, 11) is 1.29. The topological polar surface area (TPSA) is 287 Å². The van der Waals surface area contributed by atoms with Crippen LogP contribution in [0.3, 0.4) is 0 Å². The largest absolute Gasteiger partial charge is 0.508 e. The molecular weight excluding hydrogens is 773 g/mol. The third kappa shape index (κ3) is 8.84. The fourth-order valence-corrected chi connectivity index (χ4v) is 8.40. The number of rotatable bonds is 13. The summed E-state index contributed by atoms with van der Waals surface area (Å²) in [5, 5.41) is 66.8. The molecule has 14 unspecified atom stereocenters. The number of nitrogens with one attached hydrogen (secondary N) is 2. The number of methoxy groups -OCH3 is 1. The van der Waals surface area contributed by atoms with Gasteiger partial charge in [-0.15, -0.1) is 0 Å². The molecule has 0 aromatic rings. The van der Waals surface area contributed by atoms with Crippen LogP contribution in [0.5, 0.6) is 0 Å². The van der Waals surface area contributed by atoms with Crippen LogP contribution in [-0.4, -0.2) is 157 Å². The highest BCUT2D eigenvalue weighted by atomic mass is 32.2. The van der Waals surface area contributed by atoms with E-state index in [4.69, 9.17) is 50.8 Å². The molecule has 0 amide bonds. The zero-order valence-corrected chi connectivity index (χ0v) is 32.8. The molecule has 3 heterocycles. The molecule has 0 aromatic heterocycles. The summed E-state index contributed by atoms with van der Waals surface area (Å²) in [6, 6.07) is -1.00. The van der Waals surface area contributed by atoms with Gasteiger partial charge in [0.2, 0.25) is 0 Å². The Hall–Kier alpha value is -3.28. The van der Waals surface area contributed by atoms with Crippen LogP contribution < -0.4 is 5.32 Å². The van der Waals surface area contributed by atoms with Crippen molar-refractivity contribution in [2.24, 2.45) is 5.92 Å². The van der Waals surface area contributed by atoms with Crippen LogP contribution in [0.4, 0.5) is 0 Å². The van der Waals surface area contributed by atoms with Crippen LogP contribution >= 0.6 is 24.0 Å². The summed E-state index contributed by atoms with van der Waals surface area (Å²) in [4.78, 5) is 63.2. The molecule has 19 nitrogen and oxygen atoms in total. The Morgan fingerprint density at radius 1 is 1.15 bits per heavy atom. The van der Waals surface area contributed by atoms with Gasteiger partial charge in [0, 0.05) is 25.7 Å². The molecule has 21 heteroatoms. The van der Waals surface area contributed by atoms with Crippen molar-refractivity contribution < 1.29 is 82.7 Å². The molecule has 55 heavy (non-hydrogen) atoms. The van der Waals surface area contributed by atoms with Crippen molar-refractivity contribution in [1.29, 1.82) is 5.41 Å². The lowest BCUT2D eigenvalue weighted by molar-refractivity contribution is -0.345. The van der Waals surface area contributed by atoms with Crippen LogP contribution in [0.2, 0.25) is 0 Å². The first-order valence-corrected chi connectivity index (χ1v) is 18.8. The van der Waals surface area contributed by atoms with E-state index in [1.54, 1.807) is 20.8 Å². The van der Waals surface area contributed by atoms with Crippen molar-refractivity contribution in [3.63, 3.8) is 0 Å². The predicted molar refractivity (Wildman–Crippen MR) is 192 cm³/mol. The zero-order chi connectivity index (χ0) is 41.3. The van der Waals surface area contributed by atoms with Crippen LogP contribution in [-0.2, 0) is 57.1 Å². The molecule has 14 atom stereocenters. The number of carboxylic acid groups (broad SMARTS) is 1. The Balaban J connectivity index is 1.77. The third-order valence-electron chi connectivity index (χ3n) is 10.4. The molecule has 3 aliphatic heterocycles. The van der Waals surface area contributed by atoms with Gasteiger partial charge in [-0.25, -0.2) is 9.59 Å². The highest BCUT2D eigenvalue weighted by Gasteiger charge is 2.62. The first-order valence-electron chi connectivity index (χ1n) is 17.5. The number of carboxylic acids is 1. The van der Waals surface area contributed by atoms with Gasteiger partial charge in [0.25, 0.3) is 0 Å². The number of hydrogen-bond donors (Lipinski definition) is 7. The number of Topliss-reactive ketones (excluding diaryl/α,β-unsaturated/α-hetero) is 1. The molecule has 1 aliphatic carbocycles. The van der Waals surface area contributed by atoms with Gasteiger partial charge >= 0.3 is 23.9 Å². The van der Waals surface area contributed by atoms with E-state index in [1.165, 1.54) is 32.7 Å².